The largest absolute Gasteiger partial charge is 0.426 e. The minimum absolute atomic E-state index is 0.0650. The number of hydrogen-bond acceptors (Lipinski definition) is 6. The number of aromatic nitrogens is 2. The monoisotopic (exact) mass is 418 g/mol. The van der Waals surface area contributed by atoms with Gasteiger partial charge in [0.1, 0.15) is 5.75 Å². The Hall–Kier alpha value is -4.27. The highest BCUT2D eigenvalue weighted by Gasteiger charge is 2.35. The first-order valence-corrected chi connectivity index (χ1v) is 9.48. The van der Waals surface area contributed by atoms with Gasteiger partial charge in [0.25, 0.3) is 17.7 Å². The lowest BCUT2D eigenvalue weighted by atomic mass is 10.1. The summed E-state index contributed by atoms with van der Waals surface area (Å²) in [6, 6.07) is 12.8. The Kier molecular flexibility index (Phi) is 5.31. The van der Waals surface area contributed by atoms with Gasteiger partial charge in [0.15, 0.2) is 0 Å². The number of carbonyl (C=O) groups excluding carboxylic acids is 4. The SMILES string of the molecule is Cn1cc(C(=O)Nc2ccc(OC(=O)CCN3C(=O)c4ccccc4C3=O)cc2)cn1. The summed E-state index contributed by atoms with van der Waals surface area (Å²) in [4.78, 5) is 50.0. The lowest BCUT2D eigenvalue weighted by Gasteiger charge is -2.13. The Morgan fingerprint density at radius 1 is 1.00 bits per heavy atom. The zero-order valence-corrected chi connectivity index (χ0v) is 16.6. The quantitative estimate of drug-likeness (QED) is 0.374. The molecule has 0 unspecified atom stereocenters. The molecule has 1 N–H and O–H groups in total. The Bertz CT molecular complexity index is 1150. The summed E-state index contributed by atoms with van der Waals surface area (Å²) in [6.07, 6.45) is 2.92. The summed E-state index contributed by atoms with van der Waals surface area (Å²) in [5.41, 5.74) is 1.63. The lowest BCUT2D eigenvalue weighted by molar-refractivity contribution is -0.134. The van der Waals surface area contributed by atoms with Crippen LogP contribution in [-0.4, -0.2) is 44.9 Å². The number of hydrogen-bond donors (Lipinski definition) is 1. The van der Waals surface area contributed by atoms with E-state index in [9.17, 15) is 19.2 Å². The van der Waals surface area contributed by atoms with Gasteiger partial charge in [-0.3, -0.25) is 28.8 Å². The molecule has 2 aromatic carbocycles. The number of ether oxygens (including phenoxy) is 1. The molecule has 0 atom stereocenters. The maximum absolute atomic E-state index is 12.3. The van der Waals surface area contributed by atoms with Crippen molar-refractivity contribution in [2.45, 2.75) is 6.42 Å². The summed E-state index contributed by atoms with van der Waals surface area (Å²) in [6.45, 7) is -0.0650. The van der Waals surface area contributed by atoms with Gasteiger partial charge >= 0.3 is 5.97 Å². The van der Waals surface area contributed by atoms with Crippen molar-refractivity contribution < 1.29 is 23.9 Å². The third-order valence-electron chi connectivity index (χ3n) is 4.73. The molecule has 0 bridgehead atoms. The van der Waals surface area contributed by atoms with Crippen molar-refractivity contribution in [2.75, 3.05) is 11.9 Å². The minimum atomic E-state index is -0.580. The van der Waals surface area contributed by atoms with Crippen LogP contribution in [0.1, 0.15) is 37.5 Å². The number of amides is 3. The third kappa shape index (κ3) is 4.20. The molecule has 1 aliphatic heterocycles. The molecule has 1 aliphatic rings. The normalized spacial score (nSPS) is 12.6. The van der Waals surface area contributed by atoms with Gasteiger partial charge < -0.3 is 10.1 Å². The predicted octanol–water partition coefficient (Wildman–Crippen LogP) is 2.26. The van der Waals surface area contributed by atoms with Crippen LogP contribution >= 0.6 is 0 Å². The first kappa shape index (κ1) is 20.0. The maximum Gasteiger partial charge on any atom is 0.312 e. The van der Waals surface area contributed by atoms with E-state index in [-0.39, 0.29) is 24.6 Å². The summed E-state index contributed by atoms with van der Waals surface area (Å²) in [7, 11) is 1.72. The number of fused-ring (bicyclic) bond motifs is 1. The zero-order valence-electron chi connectivity index (χ0n) is 16.6. The standard InChI is InChI=1S/C22H18N4O5/c1-25-13-14(12-23-25)20(28)24-15-6-8-16(9-7-15)31-19(27)10-11-26-21(29)17-4-2-3-5-18(17)22(26)30/h2-9,12-13H,10-11H2,1H3,(H,24,28). The molecule has 9 nitrogen and oxygen atoms in total. The summed E-state index contributed by atoms with van der Waals surface area (Å²) in [5.74, 6) is -1.43. The maximum atomic E-state index is 12.3. The molecule has 3 amide bonds. The highest BCUT2D eigenvalue weighted by molar-refractivity contribution is 6.21. The number of benzene rings is 2. The van der Waals surface area contributed by atoms with Crippen molar-refractivity contribution in [1.82, 2.24) is 14.7 Å². The van der Waals surface area contributed by atoms with E-state index < -0.39 is 17.8 Å². The first-order valence-electron chi connectivity index (χ1n) is 9.48. The number of esters is 1. The van der Waals surface area contributed by atoms with Crippen LogP contribution in [0.3, 0.4) is 0 Å². The number of nitrogens with one attached hydrogen (secondary N) is 1. The third-order valence-corrected chi connectivity index (χ3v) is 4.73. The average Bonchev–Trinajstić information content (AvgIpc) is 3.30. The Labute approximate surface area is 177 Å². The van der Waals surface area contributed by atoms with Crippen LogP contribution in [0.25, 0.3) is 0 Å². The van der Waals surface area contributed by atoms with Gasteiger partial charge in [0, 0.05) is 25.5 Å². The summed E-state index contributed by atoms with van der Waals surface area (Å²) < 4.78 is 6.78. The molecule has 0 spiro atoms. The molecule has 0 saturated carbocycles. The van der Waals surface area contributed by atoms with Crippen molar-refractivity contribution in [3.63, 3.8) is 0 Å². The van der Waals surface area contributed by atoms with Crippen LogP contribution < -0.4 is 10.1 Å². The summed E-state index contributed by atoms with van der Waals surface area (Å²) >= 11 is 0. The number of nitrogens with zero attached hydrogens (tertiary/aromatic N) is 3. The van der Waals surface area contributed by atoms with Gasteiger partial charge in [-0.25, -0.2) is 0 Å². The molecule has 156 valence electrons. The van der Waals surface area contributed by atoms with Gasteiger partial charge in [0.2, 0.25) is 0 Å². The summed E-state index contributed by atoms with van der Waals surface area (Å²) in [5, 5.41) is 6.66. The van der Waals surface area contributed by atoms with Gasteiger partial charge in [-0.1, -0.05) is 12.1 Å². The molecule has 4 rings (SSSR count). The molecule has 0 saturated heterocycles. The van der Waals surface area contributed by atoms with Crippen molar-refractivity contribution in [1.29, 1.82) is 0 Å². The average molecular weight is 418 g/mol. The predicted molar refractivity (Wildman–Crippen MR) is 110 cm³/mol. The van der Waals surface area contributed by atoms with Crippen LogP contribution in [0.15, 0.2) is 60.9 Å². The molecule has 2 heterocycles. The molecule has 9 heteroatoms. The van der Waals surface area contributed by atoms with Crippen molar-refractivity contribution in [3.05, 3.63) is 77.6 Å². The van der Waals surface area contributed by atoms with E-state index in [0.29, 0.717) is 22.4 Å². The van der Waals surface area contributed by atoms with Crippen molar-refractivity contribution in [3.8, 4) is 5.75 Å². The second-order valence-corrected chi connectivity index (χ2v) is 6.91. The molecule has 0 radical (unpaired) electrons. The Morgan fingerprint density at radius 2 is 1.65 bits per heavy atom. The van der Waals surface area contributed by atoms with Crippen LogP contribution in [-0.2, 0) is 11.8 Å². The van der Waals surface area contributed by atoms with Gasteiger partial charge in [-0.2, -0.15) is 5.10 Å². The van der Waals surface area contributed by atoms with Crippen molar-refractivity contribution >= 4 is 29.4 Å². The van der Waals surface area contributed by atoms with E-state index in [1.165, 1.54) is 10.9 Å². The number of imide groups is 1. The minimum Gasteiger partial charge on any atom is -0.426 e. The van der Waals surface area contributed by atoms with E-state index in [1.54, 1.807) is 61.8 Å². The van der Waals surface area contributed by atoms with E-state index in [4.69, 9.17) is 4.74 Å². The van der Waals surface area contributed by atoms with Gasteiger partial charge in [0.05, 0.1) is 29.3 Å². The molecule has 31 heavy (non-hydrogen) atoms. The lowest BCUT2D eigenvalue weighted by Crippen LogP contribution is -2.32. The fourth-order valence-corrected chi connectivity index (χ4v) is 3.18. The number of carbonyl (C=O) groups is 4. The molecular formula is C22H18N4O5. The topological polar surface area (TPSA) is 111 Å². The highest BCUT2D eigenvalue weighted by Crippen LogP contribution is 2.23. The number of rotatable bonds is 6. The number of anilines is 1. The van der Waals surface area contributed by atoms with E-state index in [1.807, 2.05) is 0 Å². The fraction of sp³-hybridized carbons (Fsp3) is 0.136. The molecule has 0 aliphatic carbocycles. The molecule has 3 aromatic rings. The zero-order chi connectivity index (χ0) is 22.0. The smallest absolute Gasteiger partial charge is 0.312 e. The second-order valence-electron chi connectivity index (χ2n) is 6.91. The van der Waals surface area contributed by atoms with Gasteiger partial charge in [-0.05, 0) is 36.4 Å². The fourth-order valence-electron chi connectivity index (χ4n) is 3.18. The van der Waals surface area contributed by atoms with E-state index >= 15 is 0 Å². The van der Waals surface area contributed by atoms with Crippen LogP contribution in [0.5, 0.6) is 5.75 Å². The molecular weight excluding hydrogens is 400 g/mol. The molecule has 0 fully saturated rings. The van der Waals surface area contributed by atoms with Gasteiger partial charge in [-0.15, -0.1) is 0 Å². The highest BCUT2D eigenvalue weighted by atomic mass is 16.5. The number of aryl methyl sites for hydroxylation is 1. The molecule has 1 aromatic heterocycles. The van der Waals surface area contributed by atoms with Crippen molar-refractivity contribution in [2.24, 2.45) is 7.05 Å². The van der Waals surface area contributed by atoms with E-state index in [2.05, 4.69) is 10.4 Å². The van der Waals surface area contributed by atoms with E-state index in [0.717, 1.165) is 4.90 Å². The van der Waals surface area contributed by atoms with Crippen LogP contribution in [0, 0.1) is 0 Å². The first-order chi connectivity index (χ1) is 14.9. The Morgan fingerprint density at radius 3 is 2.23 bits per heavy atom. The second kappa shape index (κ2) is 8.23. The Balaban J connectivity index is 1.30. The van der Waals surface area contributed by atoms with Crippen LogP contribution in [0.4, 0.5) is 5.69 Å². The van der Waals surface area contributed by atoms with Crippen LogP contribution in [0.2, 0.25) is 0 Å².